The van der Waals surface area contributed by atoms with E-state index in [2.05, 4.69) is 10.9 Å². The Morgan fingerprint density at radius 1 is 0.690 bits per heavy atom. The first-order chi connectivity index (χ1) is 14.1. The molecule has 0 atom stereocenters. The predicted molar refractivity (Wildman–Crippen MR) is 110 cm³/mol. The first-order valence-electron chi connectivity index (χ1n) is 9.20. The average Bonchev–Trinajstić information content (AvgIpc) is 2.76. The highest BCUT2D eigenvalue weighted by Crippen LogP contribution is 2.14. The summed E-state index contributed by atoms with van der Waals surface area (Å²) in [5, 5.41) is 0. The van der Waals surface area contributed by atoms with Gasteiger partial charge in [-0.25, -0.2) is 0 Å². The molecule has 0 aliphatic carbocycles. The second-order valence-electron chi connectivity index (χ2n) is 6.31. The molecule has 29 heavy (non-hydrogen) atoms. The van der Waals surface area contributed by atoms with Gasteiger partial charge in [0, 0.05) is 11.1 Å². The van der Waals surface area contributed by atoms with Crippen molar-refractivity contribution in [3.05, 3.63) is 95.6 Å². The third kappa shape index (κ3) is 6.10. The molecule has 0 bridgehead atoms. The average molecular weight is 390 g/mol. The fourth-order valence-corrected chi connectivity index (χ4v) is 2.53. The van der Waals surface area contributed by atoms with Crippen LogP contribution >= 0.6 is 0 Å². The molecule has 0 heterocycles. The highest BCUT2D eigenvalue weighted by Gasteiger charge is 2.10. The summed E-state index contributed by atoms with van der Waals surface area (Å²) in [6.07, 6.45) is 0. The second kappa shape index (κ2) is 9.94. The molecule has 148 valence electrons. The molecule has 0 fully saturated rings. The van der Waals surface area contributed by atoms with Gasteiger partial charge >= 0.3 is 0 Å². The molecule has 3 rings (SSSR count). The van der Waals surface area contributed by atoms with E-state index in [9.17, 15) is 9.59 Å². The second-order valence-corrected chi connectivity index (χ2v) is 6.31. The number of nitrogens with one attached hydrogen (secondary N) is 2. The van der Waals surface area contributed by atoms with Crippen LogP contribution < -0.4 is 20.3 Å². The third-order valence-corrected chi connectivity index (χ3v) is 4.06. The number of hydrazine groups is 1. The lowest BCUT2D eigenvalue weighted by atomic mass is 10.1. The fourth-order valence-electron chi connectivity index (χ4n) is 2.53. The Bertz CT molecular complexity index is 956. The van der Waals surface area contributed by atoms with Gasteiger partial charge in [-0.05, 0) is 49.4 Å². The molecule has 0 radical (unpaired) electrons. The smallest absolute Gasteiger partial charge is 0.269 e. The predicted octanol–water partition coefficient (Wildman–Crippen LogP) is 3.53. The SMILES string of the molecule is Cc1ccc(C(=O)NNC(=O)c2cccc(OCCOc3ccccc3)c2)cc1. The third-order valence-electron chi connectivity index (χ3n) is 4.06. The molecule has 0 unspecified atom stereocenters. The highest BCUT2D eigenvalue weighted by molar-refractivity contribution is 5.99. The number of amides is 2. The largest absolute Gasteiger partial charge is 0.490 e. The summed E-state index contributed by atoms with van der Waals surface area (Å²) in [5.41, 5.74) is 6.70. The lowest BCUT2D eigenvalue weighted by Gasteiger charge is -2.10. The summed E-state index contributed by atoms with van der Waals surface area (Å²) in [6.45, 7) is 2.66. The van der Waals surface area contributed by atoms with Crippen molar-refractivity contribution in [3.63, 3.8) is 0 Å². The molecule has 2 N–H and O–H groups in total. The first-order valence-corrected chi connectivity index (χ1v) is 9.20. The fraction of sp³-hybridized carbons (Fsp3) is 0.130. The number of carbonyl (C=O) groups is 2. The summed E-state index contributed by atoms with van der Waals surface area (Å²) in [6, 6.07) is 23.2. The molecular weight excluding hydrogens is 368 g/mol. The molecule has 0 aromatic heterocycles. The highest BCUT2D eigenvalue weighted by atomic mass is 16.5. The van der Waals surface area contributed by atoms with E-state index in [0.29, 0.717) is 30.1 Å². The Morgan fingerprint density at radius 3 is 1.97 bits per heavy atom. The minimum atomic E-state index is -0.434. The summed E-state index contributed by atoms with van der Waals surface area (Å²) in [5.74, 6) is 0.494. The van der Waals surface area contributed by atoms with Crippen LogP contribution in [-0.4, -0.2) is 25.0 Å². The van der Waals surface area contributed by atoms with Gasteiger partial charge in [-0.3, -0.25) is 20.4 Å². The van der Waals surface area contributed by atoms with E-state index < -0.39 is 5.91 Å². The van der Waals surface area contributed by atoms with Crippen molar-refractivity contribution < 1.29 is 19.1 Å². The van der Waals surface area contributed by atoms with Gasteiger partial charge < -0.3 is 9.47 Å². The molecule has 0 saturated carbocycles. The quantitative estimate of drug-likeness (QED) is 0.478. The van der Waals surface area contributed by atoms with E-state index in [1.54, 1.807) is 36.4 Å². The molecule has 2 amide bonds. The van der Waals surface area contributed by atoms with E-state index in [1.807, 2.05) is 49.4 Å². The number of hydrogen-bond donors (Lipinski definition) is 2. The Hall–Kier alpha value is -3.80. The Kier molecular flexibility index (Phi) is 6.84. The van der Waals surface area contributed by atoms with E-state index in [4.69, 9.17) is 9.47 Å². The number of rotatable bonds is 7. The van der Waals surface area contributed by atoms with Gasteiger partial charge in [0.2, 0.25) is 0 Å². The van der Waals surface area contributed by atoms with Crippen LogP contribution in [0.5, 0.6) is 11.5 Å². The Morgan fingerprint density at radius 2 is 1.28 bits per heavy atom. The minimum absolute atomic E-state index is 0.337. The monoisotopic (exact) mass is 390 g/mol. The van der Waals surface area contributed by atoms with Gasteiger partial charge in [-0.2, -0.15) is 0 Å². The zero-order valence-corrected chi connectivity index (χ0v) is 16.1. The van der Waals surface area contributed by atoms with Crippen molar-refractivity contribution in [3.8, 4) is 11.5 Å². The van der Waals surface area contributed by atoms with E-state index in [1.165, 1.54) is 0 Å². The topological polar surface area (TPSA) is 76.7 Å². The number of hydrogen-bond acceptors (Lipinski definition) is 4. The number of para-hydroxylation sites is 1. The van der Waals surface area contributed by atoms with Gasteiger partial charge in [-0.15, -0.1) is 0 Å². The summed E-state index contributed by atoms with van der Waals surface area (Å²) < 4.78 is 11.2. The minimum Gasteiger partial charge on any atom is -0.490 e. The van der Waals surface area contributed by atoms with Crippen molar-refractivity contribution in [2.24, 2.45) is 0 Å². The normalized spacial score (nSPS) is 10.1. The van der Waals surface area contributed by atoms with Crippen LogP contribution in [0.15, 0.2) is 78.9 Å². The van der Waals surface area contributed by atoms with Gasteiger partial charge in [0.15, 0.2) is 0 Å². The molecular formula is C23H22N2O4. The molecule has 3 aromatic carbocycles. The molecule has 0 aliphatic rings. The van der Waals surface area contributed by atoms with E-state index in [0.717, 1.165) is 11.3 Å². The molecule has 0 saturated heterocycles. The van der Waals surface area contributed by atoms with Crippen LogP contribution in [0.25, 0.3) is 0 Å². The number of carbonyl (C=O) groups excluding carboxylic acids is 2. The zero-order valence-electron chi connectivity index (χ0n) is 16.1. The summed E-state index contributed by atoms with van der Waals surface area (Å²) in [7, 11) is 0. The van der Waals surface area contributed by atoms with Crippen molar-refractivity contribution in [1.82, 2.24) is 10.9 Å². The number of aryl methyl sites for hydroxylation is 1. The maximum atomic E-state index is 12.3. The lowest BCUT2D eigenvalue weighted by molar-refractivity contribution is 0.0846. The molecule has 3 aromatic rings. The molecule has 6 heteroatoms. The van der Waals surface area contributed by atoms with E-state index in [-0.39, 0.29) is 5.91 Å². The summed E-state index contributed by atoms with van der Waals surface area (Å²) >= 11 is 0. The van der Waals surface area contributed by atoms with Crippen LogP contribution in [0.4, 0.5) is 0 Å². The van der Waals surface area contributed by atoms with Crippen LogP contribution in [0, 0.1) is 6.92 Å². The van der Waals surface area contributed by atoms with Crippen LogP contribution in [0.1, 0.15) is 26.3 Å². The van der Waals surface area contributed by atoms with Crippen molar-refractivity contribution >= 4 is 11.8 Å². The van der Waals surface area contributed by atoms with E-state index >= 15 is 0 Å². The van der Waals surface area contributed by atoms with Crippen molar-refractivity contribution in [1.29, 1.82) is 0 Å². The standard InChI is InChI=1S/C23H22N2O4/c1-17-10-12-18(13-11-17)22(26)24-25-23(27)19-6-5-9-21(16-19)29-15-14-28-20-7-3-2-4-8-20/h2-13,16H,14-15H2,1H3,(H,24,26)(H,25,27). The molecule has 6 nitrogen and oxygen atoms in total. The van der Waals surface area contributed by atoms with Gasteiger partial charge in [0.1, 0.15) is 24.7 Å². The molecule has 0 aliphatic heterocycles. The number of benzene rings is 3. The van der Waals surface area contributed by atoms with Crippen LogP contribution in [0.3, 0.4) is 0 Å². The maximum Gasteiger partial charge on any atom is 0.269 e. The molecule has 0 spiro atoms. The van der Waals surface area contributed by atoms with Crippen molar-refractivity contribution in [2.75, 3.05) is 13.2 Å². The summed E-state index contributed by atoms with van der Waals surface area (Å²) in [4.78, 5) is 24.4. The lowest BCUT2D eigenvalue weighted by Crippen LogP contribution is -2.41. The van der Waals surface area contributed by atoms with Crippen LogP contribution in [0.2, 0.25) is 0 Å². The zero-order chi connectivity index (χ0) is 20.5. The van der Waals surface area contributed by atoms with Gasteiger partial charge in [-0.1, -0.05) is 42.0 Å². The number of ether oxygens (including phenoxy) is 2. The first kappa shape index (κ1) is 19.9. The van der Waals surface area contributed by atoms with Crippen molar-refractivity contribution in [2.45, 2.75) is 6.92 Å². The maximum absolute atomic E-state index is 12.3. The Labute approximate surface area is 169 Å². The van der Waals surface area contributed by atoms with Crippen LogP contribution in [-0.2, 0) is 0 Å². The van der Waals surface area contributed by atoms with Gasteiger partial charge in [0.05, 0.1) is 0 Å². The Balaban J connectivity index is 1.47. The van der Waals surface area contributed by atoms with Gasteiger partial charge in [0.25, 0.3) is 11.8 Å².